The van der Waals surface area contributed by atoms with Crippen molar-refractivity contribution in [1.82, 2.24) is 4.98 Å². The van der Waals surface area contributed by atoms with Gasteiger partial charge < -0.3 is 9.47 Å². The molecule has 4 rings (SSSR count). The summed E-state index contributed by atoms with van der Waals surface area (Å²) in [6.45, 7) is 0.167. The standard InChI is InChI=1S/C15H8F2N2O3S/c16-7-1-2-8(9(17)3-7)14(20)19-15-18-10-4-11-12(22-6-21-11)5-13(10)23-15/h1-5H,6H2,(H,18,19,20). The van der Waals surface area contributed by atoms with Crippen molar-refractivity contribution >= 4 is 32.6 Å². The number of amides is 1. The van der Waals surface area contributed by atoms with Gasteiger partial charge in [0.15, 0.2) is 16.6 Å². The first kappa shape index (κ1) is 13.9. The Hall–Kier alpha value is -2.74. The Morgan fingerprint density at radius 3 is 2.74 bits per heavy atom. The average molecular weight is 334 g/mol. The second-order valence-electron chi connectivity index (χ2n) is 4.77. The molecule has 8 heteroatoms. The minimum Gasteiger partial charge on any atom is -0.454 e. The van der Waals surface area contributed by atoms with E-state index in [1.807, 2.05) is 0 Å². The topological polar surface area (TPSA) is 60.5 Å². The van der Waals surface area contributed by atoms with Gasteiger partial charge in [0.2, 0.25) is 6.79 Å². The summed E-state index contributed by atoms with van der Waals surface area (Å²) in [5, 5.41) is 2.81. The van der Waals surface area contributed by atoms with Crippen LogP contribution in [0.25, 0.3) is 10.2 Å². The molecule has 0 radical (unpaired) electrons. The van der Waals surface area contributed by atoms with Gasteiger partial charge in [-0.15, -0.1) is 0 Å². The minimum absolute atomic E-state index is 0.167. The Bertz CT molecular complexity index is 901. The van der Waals surface area contributed by atoms with Gasteiger partial charge in [0, 0.05) is 18.2 Å². The first-order valence-corrected chi connectivity index (χ1v) is 7.38. The average Bonchev–Trinajstić information content (AvgIpc) is 3.09. The number of nitrogens with zero attached hydrogens (tertiary/aromatic N) is 1. The summed E-state index contributed by atoms with van der Waals surface area (Å²) in [4.78, 5) is 16.3. The Labute approximate surface area is 132 Å². The molecule has 1 aliphatic rings. The Kier molecular flexibility index (Phi) is 3.12. The molecule has 1 aliphatic heterocycles. The van der Waals surface area contributed by atoms with Crippen molar-refractivity contribution in [1.29, 1.82) is 0 Å². The molecule has 1 N–H and O–H groups in total. The number of ether oxygens (including phenoxy) is 2. The molecule has 0 atom stereocenters. The third-order valence-corrected chi connectivity index (χ3v) is 4.21. The van der Waals surface area contributed by atoms with Gasteiger partial charge in [-0.25, -0.2) is 13.8 Å². The molecule has 0 saturated carbocycles. The molecule has 1 amide bonds. The largest absolute Gasteiger partial charge is 0.454 e. The van der Waals surface area contributed by atoms with Crippen LogP contribution in [0.15, 0.2) is 30.3 Å². The summed E-state index contributed by atoms with van der Waals surface area (Å²) in [5.41, 5.74) is 0.383. The number of hydrogen-bond acceptors (Lipinski definition) is 5. The number of carbonyl (C=O) groups excluding carboxylic acids is 1. The van der Waals surface area contributed by atoms with Crippen LogP contribution >= 0.6 is 11.3 Å². The van der Waals surface area contributed by atoms with Crippen LogP contribution in [0.2, 0.25) is 0 Å². The van der Waals surface area contributed by atoms with Gasteiger partial charge in [-0.2, -0.15) is 0 Å². The summed E-state index contributed by atoms with van der Waals surface area (Å²) in [5.74, 6) is -1.16. The number of aromatic nitrogens is 1. The van der Waals surface area contributed by atoms with Crippen molar-refractivity contribution in [3.63, 3.8) is 0 Å². The van der Waals surface area contributed by atoms with Gasteiger partial charge >= 0.3 is 0 Å². The maximum absolute atomic E-state index is 13.6. The number of thiazole rings is 1. The first-order chi connectivity index (χ1) is 11.1. The van der Waals surface area contributed by atoms with Crippen LogP contribution in [-0.4, -0.2) is 17.7 Å². The van der Waals surface area contributed by atoms with E-state index in [9.17, 15) is 13.6 Å². The zero-order valence-corrected chi connectivity index (χ0v) is 12.2. The molecule has 2 heterocycles. The van der Waals surface area contributed by atoms with E-state index in [1.54, 1.807) is 12.1 Å². The van der Waals surface area contributed by atoms with Gasteiger partial charge in [-0.3, -0.25) is 10.1 Å². The van der Waals surface area contributed by atoms with E-state index in [4.69, 9.17) is 9.47 Å². The van der Waals surface area contributed by atoms with E-state index < -0.39 is 17.5 Å². The molecule has 0 aliphatic carbocycles. The summed E-state index contributed by atoms with van der Waals surface area (Å²) in [6, 6.07) is 6.25. The van der Waals surface area contributed by atoms with Crippen LogP contribution < -0.4 is 14.8 Å². The SMILES string of the molecule is O=C(Nc1nc2cc3c(cc2s1)OCO3)c1ccc(F)cc1F. The number of halogens is 2. The van der Waals surface area contributed by atoms with Crippen molar-refractivity contribution in [2.24, 2.45) is 0 Å². The molecule has 0 saturated heterocycles. The molecule has 23 heavy (non-hydrogen) atoms. The lowest BCUT2D eigenvalue weighted by molar-refractivity contribution is 0.102. The maximum atomic E-state index is 13.6. The molecular weight excluding hydrogens is 326 g/mol. The van der Waals surface area contributed by atoms with E-state index in [0.29, 0.717) is 28.2 Å². The highest BCUT2D eigenvalue weighted by Gasteiger charge is 2.18. The highest BCUT2D eigenvalue weighted by atomic mass is 32.1. The van der Waals surface area contributed by atoms with Crippen LogP contribution in [0.4, 0.5) is 13.9 Å². The van der Waals surface area contributed by atoms with E-state index in [2.05, 4.69) is 10.3 Å². The molecule has 1 aromatic heterocycles. The lowest BCUT2D eigenvalue weighted by Crippen LogP contribution is -2.13. The summed E-state index contributed by atoms with van der Waals surface area (Å²) in [7, 11) is 0. The lowest BCUT2D eigenvalue weighted by atomic mass is 10.2. The molecule has 2 aromatic carbocycles. The molecule has 0 bridgehead atoms. The third kappa shape index (κ3) is 2.46. The van der Waals surface area contributed by atoms with E-state index in [0.717, 1.165) is 16.8 Å². The summed E-state index contributed by atoms with van der Waals surface area (Å²) in [6.07, 6.45) is 0. The maximum Gasteiger partial charge on any atom is 0.260 e. The molecule has 116 valence electrons. The van der Waals surface area contributed by atoms with Crippen LogP contribution in [0.1, 0.15) is 10.4 Å². The first-order valence-electron chi connectivity index (χ1n) is 6.57. The zero-order valence-electron chi connectivity index (χ0n) is 11.4. The lowest BCUT2D eigenvalue weighted by Gasteiger charge is -2.02. The van der Waals surface area contributed by atoms with Crippen molar-refractivity contribution in [3.05, 3.63) is 47.5 Å². The molecule has 5 nitrogen and oxygen atoms in total. The Morgan fingerprint density at radius 1 is 1.17 bits per heavy atom. The normalized spacial score (nSPS) is 12.6. The Balaban J connectivity index is 1.63. The van der Waals surface area contributed by atoms with Gasteiger partial charge in [-0.1, -0.05) is 11.3 Å². The molecular formula is C15H8F2N2O3S. The summed E-state index contributed by atoms with van der Waals surface area (Å²) >= 11 is 1.22. The van der Waals surface area contributed by atoms with Gasteiger partial charge in [0.1, 0.15) is 11.6 Å². The van der Waals surface area contributed by atoms with E-state index >= 15 is 0 Å². The number of carbonyl (C=O) groups is 1. The minimum atomic E-state index is -0.926. The second-order valence-corrected chi connectivity index (χ2v) is 5.80. The van der Waals surface area contributed by atoms with Crippen molar-refractivity contribution < 1.29 is 23.0 Å². The van der Waals surface area contributed by atoms with E-state index in [1.165, 1.54) is 11.3 Å². The number of benzene rings is 2. The van der Waals surface area contributed by atoms with Gasteiger partial charge in [0.05, 0.1) is 15.8 Å². The Morgan fingerprint density at radius 2 is 1.96 bits per heavy atom. The van der Waals surface area contributed by atoms with Crippen LogP contribution in [0.3, 0.4) is 0 Å². The van der Waals surface area contributed by atoms with Crippen LogP contribution in [0, 0.1) is 11.6 Å². The molecule has 0 spiro atoms. The van der Waals surface area contributed by atoms with Crippen molar-refractivity contribution in [3.8, 4) is 11.5 Å². The van der Waals surface area contributed by atoms with E-state index in [-0.39, 0.29) is 12.4 Å². The number of rotatable bonds is 2. The third-order valence-electron chi connectivity index (χ3n) is 3.28. The van der Waals surface area contributed by atoms with Crippen LogP contribution in [0.5, 0.6) is 11.5 Å². The highest BCUT2D eigenvalue weighted by molar-refractivity contribution is 7.22. The quantitative estimate of drug-likeness (QED) is 0.778. The number of hydrogen-bond donors (Lipinski definition) is 1. The van der Waals surface area contributed by atoms with Crippen molar-refractivity contribution in [2.45, 2.75) is 0 Å². The molecule has 0 unspecified atom stereocenters. The van der Waals surface area contributed by atoms with Gasteiger partial charge in [0.25, 0.3) is 5.91 Å². The zero-order chi connectivity index (χ0) is 16.0. The smallest absolute Gasteiger partial charge is 0.260 e. The fourth-order valence-corrected chi connectivity index (χ4v) is 3.08. The fourth-order valence-electron chi connectivity index (χ4n) is 2.21. The van der Waals surface area contributed by atoms with Crippen molar-refractivity contribution in [2.75, 3.05) is 12.1 Å². The van der Waals surface area contributed by atoms with Gasteiger partial charge in [-0.05, 0) is 12.1 Å². The number of fused-ring (bicyclic) bond motifs is 2. The molecule has 3 aromatic rings. The molecule has 0 fully saturated rings. The number of anilines is 1. The monoisotopic (exact) mass is 334 g/mol. The number of nitrogens with one attached hydrogen (secondary N) is 1. The highest BCUT2D eigenvalue weighted by Crippen LogP contribution is 2.39. The fraction of sp³-hybridized carbons (Fsp3) is 0.0667. The predicted octanol–water partition coefficient (Wildman–Crippen LogP) is 3.56. The summed E-state index contributed by atoms with van der Waals surface area (Å²) < 4.78 is 37.8. The van der Waals surface area contributed by atoms with Crippen LogP contribution in [-0.2, 0) is 0 Å². The second kappa shape index (κ2) is 5.17. The predicted molar refractivity (Wildman–Crippen MR) is 80.1 cm³/mol.